The quantitative estimate of drug-likeness (QED) is 0.206. The van der Waals surface area contributed by atoms with E-state index in [1.807, 2.05) is 6.92 Å². The molecule has 0 saturated heterocycles. The van der Waals surface area contributed by atoms with Crippen LogP contribution in [0, 0.1) is 0 Å². The minimum absolute atomic E-state index is 0.0165. The highest BCUT2D eigenvalue weighted by Gasteiger charge is 2.75. The fourth-order valence-corrected chi connectivity index (χ4v) is 1.52. The summed E-state index contributed by atoms with van der Waals surface area (Å²) in [6, 6.07) is 0. The van der Waals surface area contributed by atoms with Crippen LogP contribution in [0.3, 0.4) is 0 Å². The van der Waals surface area contributed by atoms with Gasteiger partial charge in [-0.15, -0.1) is 0 Å². The topological polar surface area (TPSA) is 52.6 Å². The smallest absolute Gasteiger partial charge is 0.381 e. The summed E-state index contributed by atoms with van der Waals surface area (Å²) in [4.78, 5) is 22.4. The van der Waals surface area contributed by atoms with E-state index in [0.29, 0.717) is 6.42 Å². The lowest BCUT2D eigenvalue weighted by Gasteiger charge is -2.31. The van der Waals surface area contributed by atoms with E-state index < -0.39 is 55.6 Å². The van der Waals surface area contributed by atoms with Crippen molar-refractivity contribution in [3.8, 4) is 0 Å². The van der Waals surface area contributed by atoms with Crippen LogP contribution in [-0.2, 0) is 19.1 Å². The van der Waals surface area contributed by atoms with E-state index >= 15 is 0 Å². The molecule has 0 aromatic carbocycles. The van der Waals surface area contributed by atoms with Crippen molar-refractivity contribution in [2.45, 2.75) is 56.8 Å². The Kier molecular flexibility index (Phi) is 9.73. The highest BCUT2D eigenvalue weighted by Crippen LogP contribution is 2.48. The first-order valence-corrected chi connectivity index (χ1v) is 7.67. The van der Waals surface area contributed by atoms with Gasteiger partial charge in [0.25, 0.3) is 0 Å². The number of rotatable bonds is 12. The maximum atomic E-state index is 13.1. The number of hydrogen-bond donors (Lipinski definition) is 0. The molecule has 0 rings (SSSR count). The molecule has 0 saturated carbocycles. The Balaban J connectivity index is 4.44. The number of carbonyl (C=O) groups excluding carboxylic acids is 2. The van der Waals surface area contributed by atoms with Crippen molar-refractivity contribution in [3.05, 3.63) is 12.2 Å². The highest BCUT2D eigenvalue weighted by atomic mass is 19.4. The van der Waals surface area contributed by atoms with Gasteiger partial charge in [0.2, 0.25) is 0 Å². The van der Waals surface area contributed by atoms with Crippen LogP contribution >= 0.6 is 0 Å². The molecule has 0 N–H and O–H groups in total. The van der Waals surface area contributed by atoms with Crippen LogP contribution < -0.4 is 0 Å². The van der Waals surface area contributed by atoms with Crippen molar-refractivity contribution in [2.75, 3.05) is 13.2 Å². The Morgan fingerprint density at radius 1 is 0.926 bits per heavy atom. The summed E-state index contributed by atoms with van der Waals surface area (Å²) in [6.07, 6.45) is -1.85. The third-order valence-corrected chi connectivity index (χ3v) is 3.05. The molecule has 0 atom stereocenters. The van der Waals surface area contributed by atoms with Gasteiger partial charge in [-0.05, 0) is 12.8 Å². The maximum absolute atomic E-state index is 13.1. The molecule has 158 valence electrons. The van der Waals surface area contributed by atoms with Gasteiger partial charge in [-0.25, -0.2) is 8.78 Å². The Hall–Kier alpha value is -1.88. The maximum Gasteiger partial charge on any atom is 0.381 e. The Morgan fingerprint density at radius 2 is 1.44 bits per heavy atom. The van der Waals surface area contributed by atoms with Crippen molar-refractivity contribution in [1.29, 1.82) is 0 Å². The van der Waals surface area contributed by atoms with Gasteiger partial charge in [0.05, 0.1) is 19.4 Å². The lowest BCUT2D eigenvalue weighted by molar-refractivity contribution is -0.344. The van der Waals surface area contributed by atoms with E-state index in [1.165, 1.54) is 0 Å². The van der Waals surface area contributed by atoms with Crippen molar-refractivity contribution in [1.82, 2.24) is 0 Å². The van der Waals surface area contributed by atoms with E-state index in [1.54, 1.807) is 12.2 Å². The summed E-state index contributed by atoms with van der Waals surface area (Å²) in [5, 5.41) is 0. The summed E-state index contributed by atoms with van der Waals surface area (Å²) in [5.41, 5.74) is 0. The normalized spacial score (nSPS) is 13.3. The zero-order valence-corrected chi connectivity index (χ0v) is 14.1. The number of allylic oxidation sites excluding steroid dienone is 1. The molecule has 0 heterocycles. The van der Waals surface area contributed by atoms with Crippen LogP contribution in [0.1, 0.15) is 32.6 Å². The van der Waals surface area contributed by atoms with Crippen molar-refractivity contribution in [3.63, 3.8) is 0 Å². The number of hydrogen-bond acceptors (Lipinski definition) is 4. The molecule has 0 unspecified atom stereocenters. The molecule has 0 aliphatic rings. The van der Waals surface area contributed by atoms with Crippen LogP contribution in [-0.4, -0.2) is 49.3 Å². The molecule has 0 amide bonds. The number of esters is 2. The molecule has 0 aliphatic heterocycles. The van der Waals surface area contributed by atoms with Crippen LogP contribution in [0.4, 0.5) is 35.1 Å². The minimum atomic E-state index is -6.46. The van der Waals surface area contributed by atoms with E-state index in [4.69, 9.17) is 0 Å². The molecule has 0 fully saturated rings. The molecular formula is C15H18F8O4. The summed E-state index contributed by atoms with van der Waals surface area (Å²) < 4.78 is 110. The number of carbonyl (C=O) groups is 2. The fourth-order valence-electron chi connectivity index (χ4n) is 1.52. The van der Waals surface area contributed by atoms with Gasteiger partial charge >= 0.3 is 36.1 Å². The van der Waals surface area contributed by atoms with Gasteiger partial charge < -0.3 is 9.47 Å². The molecule has 0 bridgehead atoms. The largest absolute Gasteiger partial charge is 0.465 e. The van der Waals surface area contributed by atoms with Gasteiger partial charge in [0.15, 0.2) is 6.61 Å². The zero-order valence-electron chi connectivity index (χ0n) is 14.1. The minimum Gasteiger partial charge on any atom is -0.465 e. The average molecular weight is 414 g/mol. The second-order valence-corrected chi connectivity index (χ2v) is 5.25. The van der Waals surface area contributed by atoms with Crippen molar-refractivity contribution < 1.29 is 54.2 Å². The third kappa shape index (κ3) is 7.33. The Bertz CT molecular complexity index is 520. The van der Waals surface area contributed by atoms with E-state index in [9.17, 15) is 44.7 Å². The monoisotopic (exact) mass is 414 g/mol. The lowest BCUT2D eigenvalue weighted by atomic mass is 10.1. The second-order valence-electron chi connectivity index (χ2n) is 5.25. The predicted molar refractivity (Wildman–Crippen MR) is 76.0 cm³/mol. The molecule has 0 aliphatic carbocycles. The van der Waals surface area contributed by atoms with Gasteiger partial charge in [-0.3, -0.25) is 9.59 Å². The van der Waals surface area contributed by atoms with Gasteiger partial charge in [-0.1, -0.05) is 19.1 Å². The fraction of sp³-hybridized carbons (Fsp3) is 0.733. The zero-order chi connectivity index (χ0) is 21.3. The Labute approximate surface area is 149 Å². The summed E-state index contributed by atoms with van der Waals surface area (Å²) in [5.74, 6) is -21.0. The highest BCUT2D eigenvalue weighted by molar-refractivity contribution is 5.77. The standard InChI is InChI=1S/C15H18F8O4/c1-2-3-4-5-8-26-10(24)6-7-11(25)27-9-13(18,19)15(22,23)14(20,21)12(16)17/h3-4,12H,2,5-9H2,1H3/b4-3-. The molecule has 27 heavy (non-hydrogen) atoms. The van der Waals surface area contributed by atoms with Gasteiger partial charge in [0, 0.05) is 0 Å². The molecule has 0 radical (unpaired) electrons. The van der Waals surface area contributed by atoms with E-state index in [2.05, 4.69) is 9.47 Å². The van der Waals surface area contributed by atoms with Crippen LogP contribution in [0.15, 0.2) is 12.2 Å². The second kappa shape index (κ2) is 10.5. The summed E-state index contributed by atoms with van der Waals surface area (Å²) >= 11 is 0. The number of halogens is 8. The molecule has 0 aromatic rings. The summed E-state index contributed by atoms with van der Waals surface area (Å²) in [6.45, 7) is -0.697. The first kappa shape index (κ1) is 25.1. The van der Waals surface area contributed by atoms with Crippen LogP contribution in [0.5, 0.6) is 0 Å². The molecule has 12 heteroatoms. The van der Waals surface area contributed by atoms with Crippen LogP contribution in [0.25, 0.3) is 0 Å². The first-order valence-electron chi connectivity index (χ1n) is 7.67. The first-order chi connectivity index (χ1) is 12.3. The number of ether oxygens (including phenoxy) is 2. The molecule has 0 spiro atoms. The third-order valence-electron chi connectivity index (χ3n) is 3.05. The van der Waals surface area contributed by atoms with Gasteiger partial charge in [0.1, 0.15) is 0 Å². The van der Waals surface area contributed by atoms with Crippen molar-refractivity contribution in [2.24, 2.45) is 0 Å². The van der Waals surface area contributed by atoms with E-state index in [0.717, 1.165) is 6.42 Å². The molecule has 4 nitrogen and oxygen atoms in total. The SMILES string of the molecule is CC/C=C\CCOC(=O)CCC(=O)OCC(F)(F)C(F)(F)C(F)(F)C(F)F. The van der Waals surface area contributed by atoms with Crippen molar-refractivity contribution >= 4 is 11.9 Å². The van der Waals surface area contributed by atoms with Gasteiger partial charge in [-0.2, -0.15) is 26.3 Å². The van der Waals surface area contributed by atoms with Crippen LogP contribution in [0.2, 0.25) is 0 Å². The predicted octanol–water partition coefficient (Wildman–Crippen LogP) is 4.38. The molecule has 0 aromatic heterocycles. The summed E-state index contributed by atoms with van der Waals surface area (Å²) in [7, 11) is 0. The lowest BCUT2D eigenvalue weighted by Crippen LogP contribution is -2.59. The van der Waals surface area contributed by atoms with E-state index in [-0.39, 0.29) is 6.61 Å². The Morgan fingerprint density at radius 3 is 1.93 bits per heavy atom. The molecular weight excluding hydrogens is 396 g/mol. The average Bonchev–Trinajstić information content (AvgIpc) is 2.57. The number of alkyl halides is 8.